The highest BCUT2D eigenvalue weighted by atomic mass is 35.5. The van der Waals surface area contributed by atoms with Gasteiger partial charge in [0.15, 0.2) is 0 Å². The lowest BCUT2D eigenvalue weighted by Crippen LogP contribution is -2.38. The number of likely N-dealkylation sites (tertiary alicyclic amines) is 1. The van der Waals surface area contributed by atoms with E-state index in [2.05, 4.69) is 5.32 Å². The van der Waals surface area contributed by atoms with E-state index in [4.69, 9.17) is 16.7 Å². The summed E-state index contributed by atoms with van der Waals surface area (Å²) in [7, 11) is 0. The minimum absolute atomic E-state index is 0.0347. The van der Waals surface area contributed by atoms with E-state index in [-0.39, 0.29) is 29.2 Å². The number of halogens is 2. The summed E-state index contributed by atoms with van der Waals surface area (Å²) >= 11 is 5.64. The van der Waals surface area contributed by atoms with Gasteiger partial charge in [0.2, 0.25) is 5.91 Å². The lowest BCUT2D eigenvalue weighted by Gasteiger charge is -2.22. The van der Waals surface area contributed by atoms with Crippen LogP contribution < -0.4 is 5.32 Å². The molecule has 1 aromatic carbocycles. The number of carboxylic acid groups (broad SMARTS) is 1. The second-order valence-electron chi connectivity index (χ2n) is 5.12. The first-order chi connectivity index (χ1) is 9.88. The van der Waals surface area contributed by atoms with Crippen LogP contribution in [0, 0.1) is 11.7 Å². The molecule has 1 amide bonds. The maximum absolute atomic E-state index is 13.6. The summed E-state index contributed by atoms with van der Waals surface area (Å²) in [5.41, 5.74) is 0.0611. The van der Waals surface area contributed by atoms with Gasteiger partial charge in [-0.05, 0) is 38.1 Å². The summed E-state index contributed by atoms with van der Waals surface area (Å²) in [6, 6.07) is 3.78. The van der Waals surface area contributed by atoms with Gasteiger partial charge in [-0.15, -0.1) is 0 Å². The van der Waals surface area contributed by atoms with Gasteiger partial charge in [0.1, 0.15) is 5.82 Å². The number of carbonyl (C=O) groups excluding carboxylic acids is 1. The molecule has 2 unspecified atom stereocenters. The molecule has 114 valence electrons. The number of benzene rings is 1. The van der Waals surface area contributed by atoms with Crippen molar-refractivity contribution in [2.75, 3.05) is 18.4 Å². The lowest BCUT2D eigenvalue weighted by atomic mass is 10.0. The molecule has 1 saturated heterocycles. The molecule has 2 atom stereocenters. The van der Waals surface area contributed by atoms with Gasteiger partial charge >= 0.3 is 5.97 Å². The zero-order chi connectivity index (χ0) is 15.6. The molecule has 7 heteroatoms. The Morgan fingerprint density at radius 1 is 1.52 bits per heavy atom. The number of nitrogens with zero attached hydrogens (tertiary/aromatic N) is 1. The molecule has 0 spiro atoms. The quantitative estimate of drug-likeness (QED) is 0.894. The zero-order valence-corrected chi connectivity index (χ0v) is 12.2. The lowest BCUT2D eigenvalue weighted by molar-refractivity contribution is -0.142. The Kier molecular flexibility index (Phi) is 4.80. The van der Waals surface area contributed by atoms with Crippen LogP contribution in [0.25, 0.3) is 0 Å². The molecule has 1 heterocycles. The summed E-state index contributed by atoms with van der Waals surface area (Å²) in [5.74, 6) is -2.30. The van der Waals surface area contributed by atoms with Crippen LogP contribution in [0.5, 0.6) is 0 Å². The number of carbonyl (C=O) groups is 2. The molecule has 2 rings (SSSR count). The van der Waals surface area contributed by atoms with E-state index in [0.29, 0.717) is 13.0 Å². The minimum Gasteiger partial charge on any atom is -0.481 e. The van der Waals surface area contributed by atoms with Gasteiger partial charge in [0.05, 0.1) is 18.2 Å². The Morgan fingerprint density at radius 3 is 2.81 bits per heavy atom. The minimum atomic E-state index is -0.853. The highest BCUT2D eigenvalue weighted by Crippen LogP contribution is 2.24. The number of aliphatic carboxylic acids is 1. The van der Waals surface area contributed by atoms with E-state index >= 15 is 0 Å². The van der Waals surface area contributed by atoms with E-state index in [9.17, 15) is 14.0 Å². The molecule has 1 aromatic rings. The standard InChI is InChI=1S/C14H16ClFN2O3/c1-8-10(14(20)21)4-5-18(8)7-13(19)17-12-3-2-9(15)6-11(12)16/h2-3,6,8,10H,4-5,7H2,1H3,(H,17,19)(H,20,21). The zero-order valence-electron chi connectivity index (χ0n) is 11.5. The van der Waals surface area contributed by atoms with Gasteiger partial charge in [-0.1, -0.05) is 11.6 Å². The molecular weight excluding hydrogens is 299 g/mol. The summed E-state index contributed by atoms with van der Waals surface area (Å²) < 4.78 is 13.6. The van der Waals surface area contributed by atoms with Crippen LogP contribution in [0.4, 0.5) is 10.1 Å². The van der Waals surface area contributed by atoms with Gasteiger partial charge in [-0.2, -0.15) is 0 Å². The average molecular weight is 315 g/mol. The Balaban J connectivity index is 1.95. The Morgan fingerprint density at radius 2 is 2.24 bits per heavy atom. The highest BCUT2D eigenvalue weighted by Gasteiger charge is 2.36. The Bertz CT molecular complexity index is 567. The van der Waals surface area contributed by atoms with Crippen molar-refractivity contribution in [3.63, 3.8) is 0 Å². The third-order valence-electron chi connectivity index (χ3n) is 3.75. The molecule has 0 bridgehead atoms. The predicted octanol–water partition coefficient (Wildman–Crippen LogP) is 2.21. The third kappa shape index (κ3) is 3.71. The highest BCUT2D eigenvalue weighted by molar-refractivity contribution is 6.30. The van der Waals surface area contributed by atoms with Crippen molar-refractivity contribution in [2.24, 2.45) is 5.92 Å². The number of anilines is 1. The van der Waals surface area contributed by atoms with Crippen molar-refractivity contribution in [3.8, 4) is 0 Å². The van der Waals surface area contributed by atoms with E-state index in [1.54, 1.807) is 11.8 Å². The van der Waals surface area contributed by atoms with E-state index < -0.39 is 17.7 Å². The summed E-state index contributed by atoms with van der Waals surface area (Å²) in [6.07, 6.45) is 0.513. The molecule has 1 fully saturated rings. The summed E-state index contributed by atoms with van der Waals surface area (Å²) in [5, 5.41) is 11.8. The van der Waals surface area contributed by atoms with Crippen LogP contribution in [0.15, 0.2) is 18.2 Å². The van der Waals surface area contributed by atoms with Crippen LogP contribution in [0.1, 0.15) is 13.3 Å². The van der Waals surface area contributed by atoms with Crippen molar-refractivity contribution in [1.82, 2.24) is 4.90 Å². The number of hydrogen-bond donors (Lipinski definition) is 2. The number of hydrogen-bond acceptors (Lipinski definition) is 3. The van der Waals surface area contributed by atoms with Gasteiger partial charge in [0.25, 0.3) is 0 Å². The van der Waals surface area contributed by atoms with E-state index in [1.165, 1.54) is 12.1 Å². The maximum Gasteiger partial charge on any atom is 0.308 e. The fraction of sp³-hybridized carbons (Fsp3) is 0.429. The maximum atomic E-state index is 13.6. The van der Waals surface area contributed by atoms with E-state index in [1.807, 2.05) is 0 Å². The predicted molar refractivity (Wildman–Crippen MR) is 76.8 cm³/mol. The Hall–Kier alpha value is -1.66. The van der Waals surface area contributed by atoms with Crippen molar-refractivity contribution in [3.05, 3.63) is 29.0 Å². The van der Waals surface area contributed by atoms with Crippen molar-refractivity contribution in [1.29, 1.82) is 0 Å². The van der Waals surface area contributed by atoms with Crippen LogP contribution in [0.2, 0.25) is 5.02 Å². The number of carboxylic acids is 1. The van der Waals surface area contributed by atoms with Crippen LogP contribution in [-0.2, 0) is 9.59 Å². The number of rotatable bonds is 4. The largest absolute Gasteiger partial charge is 0.481 e. The molecule has 0 aliphatic carbocycles. The van der Waals surface area contributed by atoms with Gasteiger partial charge in [-0.3, -0.25) is 14.5 Å². The SMILES string of the molecule is CC1C(C(=O)O)CCN1CC(=O)Nc1ccc(Cl)cc1F. The third-order valence-corrected chi connectivity index (χ3v) is 3.99. The van der Waals surface area contributed by atoms with Gasteiger partial charge in [0, 0.05) is 11.1 Å². The molecule has 0 aromatic heterocycles. The van der Waals surface area contributed by atoms with Crippen LogP contribution in [0.3, 0.4) is 0 Å². The van der Waals surface area contributed by atoms with Crippen LogP contribution >= 0.6 is 11.6 Å². The molecule has 0 radical (unpaired) electrons. The second kappa shape index (κ2) is 6.41. The van der Waals surface area contributed by atoms with Gasteiger partial charge < -0.3 is 10.4 Å². The first-order valence-corrected chi connectivity index (χ1v) is 6.98. The van der Waals surface area contributed by atoms with Crippen molar-refractivity contribution < 1.29 is 19.1 Å². The van der Waals surface area contributed by atoms with Crippen molar-refractivity contribution in [2.45, 2.75) is 19.4 Å². The van der Waals surface area contributed by atoms with Gasteiger partial charge in [-0.25, -0.2) is 4.39 Å². The normalized spacial score (nSPS) is 22.2. The first kappa shape index (κ1) is 15.7. The molecule has 5 nitrogen and oxygen atoms in total. The smallest absolute Gasteiger partial charge is 0.308 e. The summed E-state index contributed by atoms with van der Waals surface area (Å²) in [4.78, 5) is 24.7. The molecule has 21 heavy (non-hydrogen) atoms. The molecule has 1 aliphatic rings. The number of amides is 1. The monoisotopic (exact) mass is 314 g/mol. The second-order valence-corrected chi connectivity index (χ2v) is 5.55. The molecule has 0 saturated carbocycles. The fourth-order valence-electron chi connectivity index (χ4n) is 2.52. The molecule has 1 aliphatic heterocycles. The summed E-state index contributed by atoms with van der Waals surface area (Å²) in [6.45, 7) is 2.35. The van der Waals surface area contributed by atoms with E-state index in [0.717, 1.165) is 6.07 Å². The Labute approximate surface area is 126 Å². The fourth-order valence-corrected chi connectivity index (χ4v) is 2.68. The average Bonchev–Trinajstić information content (AvgIpc) is 2.74. The van der Waals surface area contributed by atoms with Crippen LogP contribution in [-0.4, -0.2) is 41.0 Å². The first-order valence-electron chi connectivity index (χ1n) is 6.60. The topological polar surface area (TPSA) is 69.6 Å². The molecular formula is C14H16ClFN2O3. The molecule has 2 N–H and O–H groups in total. The van der Waals surface area contributed by atoms with Crippen molar-refractivity contribution >= 4 is 29.2 Å². The number of nitrogens with one attached hydrogen (secondary N) is 1.